The molecule has 0 unspecified atom stereocenters. The standard InChI is InChI=1S/C16H19N/c1-2-14-11-12-16(17-13-14)10-6-9-15-7-4-3-5-8-15/h3-5,7-8,11-13H,2,6,9-10H2,1H3. The normalized spacial score (nSPS) is 10.4. The van der Waals surface area contributed by atoms with E-state index < -0.39 is 0 Å². The van der Waals surface area contributed by atoms with Gasteiger partial charge in [0.25, 0.3) is 0 Å². The maximum atomic E-state index is 4.48. The first-order valence-electron chi connectivity index (χ1n) is 6.36. The molecule has 0 aliphatic heterocycles. The summed E-state index contributed by atoms with van der Waals surface area (Å²) in [4.78, 5) is 4.48. The molecule has 0 atom stereocenters. The smallest absolute Gasteiger partial charge is 0.0403 e. The number of pyridine rings is 1. The Balaban J connectivity index is 1.82. The zero-order chi connectivity index (χ0) is 11.9. The Morgan fingerprint density at radius 2 is 1.71 bits per heavy atom. The van der Waals surface area contributed by atoms with Crippen LogP contribution in [0.5, 0.6) is 0 Å². The van der Waals surface area contributed by atoms with Crippen LogP contribution < -0.4 is 0 Å². The fraction of sp³-hybridized carbons (Fsp3) is 0.312. The number of aromatic nitrogens is 1. The number of benzene rings is 1. The summed E-state index contributed by atoms with van der Waals surface area (Å²) in [6.07, 6.45) is 6.44. The Hall–Kier alpha value is -1.63. The lowest BCUT2D eigenvalue weighted by Gasteiger charge is -2.02. The van der Waals surface area contributed by atoms with Crippen LogP contribution in [-0.2, 0) is 19.3 Å². The molecule has 1 heterocycles. The van der Waals surface area contributed by atoms with Gasteiger partial charge in [-0.15, -0.1) is 0 Å². The fourth-order valence-corrected chi connectivity index (χ4v) is 1.93. The lowest BCUT2D eigenvalue weighted by Crippen LogP contribution is -1.93. The highest BCUT2D eigenvalue weighted by molar-refractivity contribution is 5.16. The van der Waals surface area contributed by atoms with Crippen molar-refractivity contribution in [2.24, 2.45) is 0 Å². The van der Waals surface area contributed by atoms with Crippen LogP contribution in [0.4, 0.5) is 0 Å². The summed E-state index contributed by atoms with van der Waals surface area (Å²) < 4.78 is 0. The summed E-state index contributed by atoms with van der Waals surface area (Å²) in [6, 6.07) is 15.0. The zero-order valence-electron chi connectivity index (χ0n) is 10.4. The predicted molar refractivity (Wildman–Crippen MR) is 72.1 cm³/mol. The van der Waals surface area contributed by atoms with Crippen molar-refractivity contribution in [3.05, 3.63) is 65.5 Å². The average Bonchev–Trinajstić information content (AvgIpc) is 2.41. The van der Waals surface area contributed by atoms with E-state index in [4.69, 9.17) is 0 Å². The highest BCUT2D eigenvalue weighted by atomic mass is 14.7. The number of hydrogen-bond donors (Lipinski definition) is 0. The number of nitrogens with zero attached hydrogens (tertiary/aromatic N) is 1. The molecule has 1 nitrogen and oxygen atoms in total. The van der Waals surface area contributed by atoms with E-state index in [0.717, 1.165) is 19.3 Å². The van der Waals surface area contributed by atoms with Crippen LogP contribution in [0.2, 0.25) is 0 Å². The van der Waals surface area contributed by atoms with Crippen molar-refractivity contribution < 1.29 is 0 Å². The van der Waals surface area contributed by atoms with E-state index in [1.165, 1.54) is 23.2 Å². The molecule has 0 aliphatic rings. The quantitative estimate of drug-likeness (QED) is 0.754. The van der Waals surface area contributed by atoms with E-state index in [2.05, 4.69) is 54.4 Å². The molecule has 2 rings (SSSR count). The predicted octanol–water partition coefficient (Wildman–Crippen LogP) is 3.82. The molecule has 0 amide bonds. The van der Waals surface area contributed by atoms with Gasteiger partial charge in [0.05, 0.1) is 0 Å². The summed E-state index contributed by atoms with van der Waals surface area (Å²) >= 11 is 0. The zero-order valence-corrected chi connectivity index (χ0v) is 10.4. The van der Waals surface area contributed by atoms with Crippen molar-refractivity contribution in [1.29, 1.82) is 0 Å². The van der Waals surface area contributed by atoms with Crippen LogP contribution >= 0.6 is 0 Å². The Labute approximate surface area is 104 Å². The number of rotatable bonds is 5. The average molecular weight is 225 g/mol. The van der Waals surface area contributed by atoms with E-state index in [1.54, 1.807) is 0 Å². The topological polar surface area (TPSA) is 12.9 Å². The summed E-state index contributed by atoms with van der Waals surface area (Å²) in [5, 5.41) is 0. The van der Waals surface area contributed by atoms with Crippen molar-refractivity contribution in [2.45, 2.75) is 32.6 Å². The lowest BCUT2D eigenvalue weighted by atomic mass is 10.1. The highest BCUT2D eigenvalue weighted by Gasteiger charge is 1.97. The molecular weight excluding hydrogens is 206 g/mol. The first-order chi connectivity index (χ1) is 8.38. The van der Waals surface area contributed by atoms with Gasteiger partial charge in [-0.25, -0.2) is 0 Å². The molecule has 0 fully saturated rings. The van der Waals surface area contributed by atoms with E-state index in [0.29, 0.717) is 0 Å². The third-order valence-electron chi connectivity index (χ3n) is 3.04. The SMILES string of the molecule is CCc1ccc(CCCc2ccccc2)nc1. The van der Waals surface area contributed by atoms with Gasteiger partial charge in [-0.3, -0.25) is 4.98 Å². The van der Waals surface area contributed by atoms with Gasteiger partial charge >= 0.3 is 0 Å². The lowest BCUT2D eigenvalue weighted by molar-refractivity contribution is 0.797. The first kappa shape index (κ1) is 11.8. The Kier molecular flexibility index (Phi) is 4.31. The minimum absolute atomic E-state index is 1.07. The van der Waals surface area contributed by atoms with Gasteiger partial charge in [0, 0.05) is 11.9 Å². The Bertz CT molecular complexity index is 431. The third-order valence-corrected chi connectivity index (χ3v) is 3.04. The van der Waals surface area contributed by atoms with Crippen LogP contribution in [0.1, 0.15) is 30.2 Å². The molecule has 1 heteroatoms. The molecule has 1 aromatic heterocycles. The van der Waals surface area contributed by atoms with Gasteiger partial charge in [-0.2, -0.15) is 0 Å². The van der Waals surface area contributed by atoms with Crippen LogP contribution in [-0.4, -0.2) is 4.98 Å². The van der Waals surface area contributed by atoms with E-state index in [1.807, 2.05) is 6.20 Å². The third kappa shape index (κ3) is 3.70. The highest BCUT2D eigenvalue weighted by Crippen LogP contribution is 2.07. The maximum absolute atomic E-state index is 4.48. The van der Waals surface area contributed by atoms with Crippen LogP contribution in [0.15, 0.2) is 48.7 Å². The molecule has 0 N–H and O–H groups in total. The van der Waals surface area contributed by atoms with Crippen LogP contribution in [0, 0.1) is 0 Å². The minimum atomic E-state index is 1.07. The van der Waals surface area contributed by atoms with Gasteiger partial charge in [0.15, 0.2) is 0 Å². The summed E-state index contributed by atoms with van der Waals surface area (Å²) in [5.74, 6) is 0. The van der Waals surface area contributed by atoms with Crippen molar-refractivity contribution in [3.8, 4) is 0 Å². The summed E-state index contributed by atoms with van der Waals surface area (Å²) in [5.41, 5.74) is 3.94. The molecule has 0 saturated carbocycles. The number of aryl methyl sites for hydroxylation is 3. The van der Waals surface area contributed by atoms with Gasteiger partial charge in [0.1, 0.15) is 0 Å². The van der Waals surface area contributed by atoms with E-state index in [9.17, 15) is 0 Å². The van der Waals surface area contributed by atoms with Crippen molar-refractivity contribution in [2.75, 3.05) is 0 Å². The monoisotopic (exact) mass is 225 g/mol. The molecule has 0 spiro atoms. The van der Waals surface area contributed by atoms with Gasteiger partial charge in [-0.1, -0.05) is 43.3 Å². The molecule has 17 heavy (non-hydrogen) atoms. The fourth-order valence-electron chi connectivity index (χ4n) is 1.93. The van der Waals surface area contributed by atoms with E-state index in [-0.39, 0.29) is 0 Å². The molecule has 0 aliphatic carbocycles. The molecule has 0 bridgehead atoms. The van der Waals surface area contributed by atoms with Crippen LogP contribution in [0.3, 0.4) is 0 Å². The van der Waals surface area contributed by atoms with Gasteiger partial charge in [0.2, 0.25) is 0 Å². The second kappa shape index (κ2) is 6.19. The molecule has 2 aromatic rings. The molecule has 0 saturated heterocycles. The van der Waals surface area contributed by atoms with Crippen molar-refractivity contribution in [1.82, 2.24) is 4.98 Å². The largest absolute Gasteiger partial charge is 0.261 e. The Morgan fingerprint density at radius 3 is 2.35 bits per heavy atom. The first-order valence-corrected chi connectivity index (χ1v) is 6.36. The molecule has 0 radical (unpaired) electrons. The molecule has 1 aromatic carbocycles. The van der Waals surface area contributed by atoms with Gasteiger partial charge < -0.3 is 0 Å². The summed E-state index contributed by atoms with van der Waals surface area (Å²) in [6.45, 7) is 2.16. The van der Waals surface area contributed by atoms with Crippen LogP contribution in [0.25, 0.3) is 0 Å². The molecular formula is C16H19N. The van der Waals surface area contributed by atoms with Crippen molar-refractivity contribution in [3.63, 3.8) is 0 Å². The number of hydrogen-bond acceptors (Lipinski definition) is 1. The second-order valence-electron chi connectivity index (χ2n) is 4.35. The van der Waals surface area contributed by atoms with E-state index >= 15 is 0 Å². The van der Waals surface area contributed by atoms with Gasteiger partial charge in [-0.05, 0) is 42.9 Å². The maximum Gasteiger partial charge on any atom is 0.0403 e. The summed E-state index contributed by atoms with van der Waals surface area (Å²) in [7, 11) is 0. The second-order valence-corrected chi connectivity index (χ2v) is 4.35. The van der Waals surface area contributed by atoms with Crippen molar-refractivity contribution >= 4 is 0 Å². The Morgan fingerprint density at radius 1 is 0.882 bits per heavy atom. The minimum Gasteiger partial charge on any atom is -0.261 e. The molecule has 88 valence electrons.